The highest BCUT2D eigenvalue weighted by atomic mass is 16.5. The van der Waals surface area contributed by atoms with Gasteiger partial charge >= 0.3 is 0 Å². The van der Waals surface area contributed by atoms with Gasteiger partial charge in [-0.1, -0.05) is 42.5 Å². The molecule has 0 radical (unpaired) electrons. The Morgan fingerprint density at radius 1 is 0.966 bits per heavy atom. The summed E-state index contributed by atoms with van der Waals surface area (Å²) < 4.78 is 5.78. The lowest BCUT2D eigenvalue weighted by Crippen LogP contribution is -2.33. The summed E-state index contributed by atoms with van der Waals surface area (Å²) in [5.74, 6) is 2.54. The summed E-state index contributed by atoms with van der Waals surface area (Å²) >= 11 is 0. The quantitative estimate of drug-likeness (QED) is 0.633. The largest absolute Gasteiger partial charge is 0.494 e. The predicted molar refractivity (Wildman–Crippen MR) is 116 cm³/mol. The SMILES string of the molecule is Cc1cccc(OCCCCC(=O)N2CC3CN(Cc4ccccc4)CC3C2)c1. The summed E-state index contributed by atoms with van der Waals surface area (Å²) in [5, 5.41) is 0. The Bertz CT molecular complexity index is 793. The van der Waals surface area contributed by atoms with E-state index in [1.807, 2.05) is 12.1 Å². The number of amides is 1. The van der Waals surface area contributed by atoms with E-state index in [2.05, 4.69) is 59.2 Å². The third-order valence-electron chi connectivity index (χ3n) is 6.21. The van der Waals surface area contributed by atoms with Crippen LogP contribution in [0.15, 0.2) is 54.6 Å². The van der Waals surface area contributed by atoms with Crippen LogP contribution in [-0.2, 0) is 11.3 Å². The van der Waals surface area contributed by atoms with E-state index in [0.29, 0.717) is 30.8 Å². The normalized spacial score (nSPS) is 21.3. The van der Waals surface area contributed by atoms with E-state index < -0.39 is 0 Å². The Labute approximate surface area is 174 Å². The molecule has 1 amide bonds. The minimum absolute atomic E-state index is 0.324. The molecule has 2 aromatic rings. The molecule has 2 aromatic carbocycles. The maximum Gasteiger partial charge on any atom is 0.222 e. The van der Waals surface area contributed by atoms with Crippen molar-refractivity contribution < 1.29 is 9.53 Å². The van der Waals surface area contributed by atoms with Crippen molar-refractivity contribution in [2.24, 2.45) is 11.8 Å². The van der Waals surface area contributed by atoms with E-state index in [4.69, 9.17) is 4.74 Å². The van der Waals surface area contributed by atoms with Crippen molar-refractivity contribution >= 4 is 5.91 Å². The van der Waals surface area contributed by atoms with Gasteiger partial charge in [0, 0.05) is 39.1 Å². The Kier molecular flexibility index (Phi) is 6.50. The van der Waals surface area contributed by atoms with Crippen molar-refractivity contribution in [1.29, 1.82) is 0 Å². The van der Waals surface area contributed by atoms with Gasteiger partial charge in [0.25, 0.3) is 0 Å². The first-order chi connectivity index (χ1) is 14.2. The summed E-state index contributed by atoms with van der Waals surface area (Å²) in [6, 6.07) is 18.8. The monoisotopic (exact) mass is 392 g/mol. The number of fused-ring (bicyclic) bond motifs is 1. The van der Waals surface area contributed by atoms with Crippen LogP contribution in [0.4, 0.5) is 0 Å². The number of benzene rings is 2. The van der Waals surface area contributed by atoms with Crippen LogP contribution >= 0.6 is 0 Å². The molecular formula is C25H32N2O2. The number of hydrogen-bond donors (Lipinski definition) is 0. The minimum Gasteiger partial charge on any atom is -0.494 e. The zero-order valence-electron chi connectivity index (χ0n) is 17.4. The summed E-state index contributed by atoms with van der Waals surface area (Å²) in [5.41, 5.74) is 2.59. The number of rotatable bonds is 8. The molecule has 29 heavy (non-hydrogen) atoms. The fraction of sp³-hybridized carbons (Fsp3) is 0.480. The lowest BCUT2D eigenvalue weighted by atomic mass is 10.0. The average Bonchev–Trinajstić information content (AvgIpc) is 3.27. The van der Waals surface area contributed by atoms with E-state index in [0.717, 1.165) is 51.3 Å². The topological polar surface area (TPSA) is 32.8 Å². The molecule has 2 fully saturated rings. The third-order valence-corrected chi connectivity index (χ3v) is 6.21. The van der Waals surface area contributed by atoms with Crippen molar-refractivity contribution in [1.82, 2.24) is 9.80 Å². The van der Waals surface area contributed by atoms with E-state index in [9.17, 15) is 4.79 Å². The standard InChI is InChI=1S/C25H32N2O2/c1-20-8-7-11-24(14-20)29-13-6-5-12-25(28)27-18-22-16-26(17-23(22)19-27)15-21-9-3-2-4-10-21/h2-4,7-11,14,22-23H,5-6,12-13,15-19H2,1H3. The van der Waals surface area contributed by atoms with E-state index in [-0.39, 0.29) is 0 Å². The molecule has 0 N–H and O–H groups in total. The van der Waals surface area contributed by atoms with Gasteiger partial charge in [0.1, 0.15) is 5.75 Å². The second-order valence-corrected chi connectivity index (χ2v) is 8.62. The lowest BCUT2D eigenvalue weighted by Gasteiger charge is -2.21. The van der Waals surface area contributed by atoms with Gasteiger partial charge in [-0.15, -0.1) is 0 Å². The van der Waals surface area contributed by atoms with Gasteiger partial charge in [0.05, 0.1) is 6.61 Å². The van der Waals surface area contributed by atoms with Crippen LogP contribution in [0.1, 0.15) is 30.4 Å². The van der Waals surface area contributed by atoms with Gasteiger partial charge in [-0.3, -0.25) is 9.69 Å². The molecular weight excluding hydrogens is 360 g/mol. The second-order valence-electron chi connectivity index (χ2n) is 8.62. The van der Waals surface area contributed by atoms with E-state index in [1.165, 1.54) is 11.1 Å². The number of nitrogens with zero attached hydrogens (tertiary/aromatic N) is 2. The van der Waals surface area contributed by atoms with Crippen LogP contribution in [0.5, 0.6) is 5.75 Å². The maximum absolute atomic E-state index is 12.6. The Morgan fingerprint density at radius 3 is 2.45 bits per heavy atom. The van der Waals surface area contributed by atoms with Gasteiger partial charge in [0.2, 0.25) is 5.91 Å². The molecule has 2 saturated heterocycles. The van der Waals surface area contributed by atoms with Crippen molar-refractivity contribution in [3.8, 4) is 5.75 Å². The molecule has 0 spiro atoms. The van der Waals surface area contributed by atoms with Gasteiger partial charge in [0.15, 0.2) is 0 Å². The summed E-state index contributed by atoms with van der Waals surface area (Å²) in [4.78, 5) is 17.3. The molecule has 2 unspecified atom stereocenters. The molecule has 2 heterocycles. The number of unbranched alkanes of at least 4 members (excludes halogenated alkanes) is 1. The number of carbonyl (C=O) groups excluding carboxylic acids is 1. The molecule has 0 saturated carbocycles. The molecule has 2 aliphatic rings. The Morgan fingerprint density at radius 2 is 1.72 bits per heavy atom. The number of aryl methyl sites for hydroxylation is 1. The van der Waals surface area contributed by atoms with Crippen molar-refractivity contribution in [2.75, 3.05) is 32.8 Å². The number of likely N-dealkylation sites (tertiary alicyclic amines) is 2. The van der Waals surface area contributed by atoms with E-state index in [1.54, 1.807) is 0 Å². The van der Waals surface area contributed by atoms with Crippen LogP contribution in [0.25, 0.3) is 0 Å². The highest BCUT2D eigenvalue weighted by Crippen LogP contribution is 2.32. The molecule has 4 rings (SSSR count). The molecule has 0 bridgehead atoms. The predicted octanol–water partition coefficient (Wildman–Crippen LogP) is 4.13. The Balaban J connectivity index is 1.13. The molecule has 2 atom stereocenters. The lowest BCUT2D eigenvalue weighted by molar-refractivity contribution is -0.130. The molecule has 154 valence electrons. The summed E-state index contributed by atoms with van der Waals surface area (Å²) in [6.45, 7) is 7.89. The maximum atomic E-state index is 12.6. The van der Waals surface area contributed by atoms with Gasteiger partial charge in [-0.05, 0) is 54.9 Å². The Hall–Kier alpha value is -2.33. The van der Waals surface area contributed by atoms with Crippen LogP contribution in [0, 0.1) is 18.8 Å². The highest BCUT2D eigenvalue weighted by molar-refractivity contribution is 5.76. The first-order valence-electron chi connectivity index (χ1n) is 10.9. The third kappa shape index (κ3) is 5.39. The van der Waals surface area contributed by atoms with Crippen molar-refractivity contribution in [3.63, 3.8) is 0 Å². The summed E-state index contributed by atoms with van der Waals surface area (Å²) in [7, 11) is 0. The molecule has 2 aliphatic heterocycles. The van der Waals surface area contributed by atoms with Gasteiger partial charge in [-0.2, -0.15) is 0 Å². The van der Waals surface area contributed by atoms with Crippen LogP contribution in [0.3, 0.4) is 0 Å². The van der Waals surface area contributed by atoms with Crippen molar-refractivity contribution in [2.45, 2.75) is 32.7 Å². The zero-order chi connectivity index (χ0) is 20.1. The van der Waals surface area contributed by atoms with Crippen LogP contribution in [0.2, 0.25) is 0 Å². The van der Waals surface area contributed by atoms with Crippen molar-refractivity contribution in [3.05, 3.63) is 65.7 Å². The first kappa shape index (κ1) is 20.0. The van der Waals surface area contributed by atoms with Gasteiger partial charge < -0.3 is 9.64 Å². The molecule has 0 aliphatic carbocycles. The molecule has 0 aromatic heterocycles. The van der Waals surface area contributed by atoms with Crippen LogP contribution in [-0.4, -0.2) is 48.5 Å². The highest BCUT2D eigenvalue weighted by Gasteiger charge is 2.41. The first-order valence-corrected chi connectivity index (χ1v) is 10.9. The van der Waals surface area contributed by atoms with Gasteiger partial charge in [-0.25, -0.2) is 0 Å². The number of carbonyl (C=O) groups is 1. The average molecular weight is 393 g/mol. The number of hydrogen-bond acceptors (Lipinski definition) is 3. The number of ether oxygens (including phenoxy) is 1. The van der Waals surface area contributed by atoms with E-state index >= 15 is 0 Å². The zero-order valence-corrected chi connectivity index (χ0v) is 17.4. The molecule has 4 heteroatoms. The second kappa shape index (κ2) is 9.45. The fourth-order valence-corrected chi connectivity index (χ4v) is 4.70. The fourth-order valence-electron chi connectivity index (χ4n) is 4.70. The minimum atomic E-state index is 0.324. The summed E-state index contributed by atoms with van der Waals surface area (Å²) in [6.07, 6.45) is 2.46. The molecule has 4 nitrogen and oxygen atoms in total. The smallest absolute Gasteiger partial charge is 0.222 e. The van der Waals surface area contributed by atoms with Crippen LogP contribution < -0.4 is 4.74 Å².